The molecule has 1 aromatic carbocycles. The van der Waals surface area contributed by atoms with Crippen molar-refractivity contribution in [3.8, 4) is 0 Å². The molecule has 2 N–H and O–H groups in total. The first-order chi connectivity index (χ1) is 9.65. The number of nitrogens with zero attached hydrogens (tertiary/aromatic N) is 1. The maximum atomic E-state index is 11.3. The normalized spacial score (nSPS) is 21.1. The third kappa shape index (κ3) is 2.29. The topological polar surface area (TPSA) is 78.9 Å². The quantitative estimate of drug-likeness (QED) is 0.868. The van der Waals surface area contributed by atoms with Crippen molar-refractivity contribution in [1.82, 2.24) is 5.32 Å². The average molecular weight is 276 g/mol. The number of rotatable bonds is 3. The molecule has 1 atom stereocenters. The molecule has 0 saturated carbocycles. The third-order valence-electron chi connectivity index (χ3n) is 3.75. The number of benzene rings is 1. The van der Waals surface area contributed by atoms with Crippen LogP contribution in [0.4, 0.5) is 10.5 Å². The predicted molar refractivity (Wildman–Crippen MR) is 72.2 cm³/mol. The van der Waals surface area contributed by atoms with Crippen LogP contribution in [-0.2, 0) is 11.2 Å². The minimum absolute atomic E-state index is 0.179. The molecule has 2 aliphatic rings. The largest absolute Gasteiger partial charge is 0.478 e. The Labute approximate surface area is 116 Å². The van der Waals surface area contributed by atoms with Crippen LogP contribution in [0.25, 0.3) is 0 Å². The van der Waals surface area contributed by atoms with Gasteiger partial charge in [-0.15, -0.1) is 0 Å². The maximum absolute atomic E-state index is 11.3. The Hall–Kier alpha value is -2.24. The molecule has 0 radical (unpaired) electrons. The van der Waals surface area contributed by atoms with Crippen molar-refractivity contribution in [2.45, 2.75) is 18.9 Å². The zero-order chi connectivity index (χ0) is 14.1. The Morgan fingerprint density at radius 1 is 1.50 bits per heavy atom. The van der Waals surface area contributed by atoms with E-state index in [1.54, 1.807) is 12.1 Å². The number of cyclic esters (lactones) is 1. The number of amides is 1. The molecular weight excluding hydrogens is 260 g/mol. The predicted octanol–water partition coefficient (Wildman–Crippen LogP) is 1.25. The number of carbonyl (C=O) groups is 2. The third-order valence-corrected chi connectivity index (χ3v) is 3.75. The van der Waals surface area contributed by atoms with Crippen LogP contribution in [0.3, 0.4) is 0 Å². The van der Waals surface area contributed by atoms with Gasteiger partial charge in [0, 0.05) is 12.2 Å². The first-order valence-corrected chi connectivity index (χ1v) is 6.70. The number of carboxylic acids is 1. The highest BCUT2D eigenvalue weighted by Crippen LogP contribution is 2.30. The van der Waals surface area contributed by atoms with Crippen molar-refractivity contribution in [3.63, 3.8) is 0 Å². The zero-order valence-electron chi connectivity index (χ0n) is 11.0. The summed E-state index contributed by atoms with van der Waals surface area (Å²) in [5.74, 6) is -0.891. The summed E-state index contributed by atoms with van der Waals surface area (Å²) in [5, 5.41) is 11.9. The number of carboxylic acid groups (broad SMARTS) is 1. The Morgan fingerprint density at radius 3 is 3.05 bits per heavy atom. The van der Waals surface area contributed by atoms with Gasteiger partial charge >= 0.3 is 12.1 Å². The Bertz CT molecular complexity index is 558. The van der Waals surface area contributed by atoms with Crippen molar-refractivity contribution in [2.75, 3.05) is 24.5 Å². The fourth-order valence-electron chi connectivity index (χ4n) is 2.87. The van der Waals surface area contributed by atoms with Crippen molar-refractivity contribution < 1.29 is 19.4 Å². The molecule has 1 fully saturated rings. The van der Waals surface area contributed by atoms with Crippen LogP contribution < -0.4 is 10.2 Å². The molecule has 106 valence electrons. The second kappa shape index (κ2) is 5.03. The van der Waals surface area contributed by atoms with Gasteiger partial charge in [-0.25, -0.2) is 9.59 Å². The second-order valence-corrected chi connectivity index (χ2v) is 5.07. The summed E-state index contributed by atoms with van der Waals surface area (Å²) in [6.45, 7) is 1.95. The summed E-state index contributed by atoms with van der Waals surface area (Å²) in [5.41, 5.74) is 2.19. The second-order valence-electron chi connectivity index (χ2n) is 5.07. The van der Waals surface area contributed by atoms with Gasteiger partial charge in [-0.3, -0.25) is 0 Å². The van der Waals surface area contributed by atoms with E-state index in [4.69, 9.17) is 4.74 Å². The molecule has 0 aliphatic carbocycles. The van der Waals surface area contributed by atoms with Crippen molar-refractivity contribution in [1.29, 1.82) is 0 Å². The molecular formula is C14H16N2O4. The van der Waals surface area contributed by atoms with Gasteiger partial charge in [-0.05, 0) is 30.5 Å². The van der Waals surface area contributed by atoms with Gasteiger partial charge < -0.3 is 20.1 Å². The Balaban J connectivity index is 1.84. The lowest BCUT2D eigenvalue weighted by Crippen LogP contribution is -2.38. The summed E-state index contributed by atoms with van der Waals surface area (Å²) < 4.78 is 5.15. The van der Waals surface area contributed by atoms with Gasteiger partial charge in [0.25, 0.3) is 0 Å². The molecule has 3 rings (SSSR count). The number of aromatic carboxylic acids is 1. The summed E-state index contributed by atoms with van der Waals surface area (Å²) in [6, 6.07) is 5.34. The van der Waals surface area contributed by atoms with Gasteiger partial charge in [0.2, 0.25) is 0 Å². The van der Waals surface area contributed by atoms with Gasteiger partial charge in [0.15, 0.2) is 0 Å². The van der Waals surface area contributed by atoms with E-state index in [1.807, 2.05) is 6.07 Å². The highest BCUT2D eigenvalue weighted by atomic mass is 16.6. The van der Waals surface area contributed by atoms with Gasteiger partial charge in [0.1, 0.15) is 6.10 Å². The molecule has 1 unspecified atom stereocenters. The molecule has 1 saturated heterocycles. The molecule has 2 aliphatic heterocycles. The minimum Gasteiger partial charge on any atom is -0.478 e. The first kappa shape index (κ1) is 12.8. The lowest BCUT2D eigenvalue weighted by molar-refractivity contribution is 0.0695. The zero-order valence-corrected chi connectivity index (χ0v) is 11.0. The molecule has 0 spiro atoms. The van der Waals surface area contributed by atoms with Crippen molar-refractivity contribution in [2.24, 2.45) is 0 Å². The standard InChI is InChI=1S/C14H16N2O4/c17-13(18)11-3-1-5-12-10(11)4-2-6-16(12)8-9-7-15-14(19)20-9/h1,3,5,9H,2,4,6-8H2,(H,15,19)(H,17,18). The highest BCUT2D eigenvalue weighted by Gasteiger charge is 2.28. The fraction of sp³-hybridized carbons (Fsp3) is 0.429. The van der Waals surface area contributed by atoms with E-state index >= 15 is 0 Å². The average Bonchev–Trinajstić information content (AvgIpc) is 2.84. The lowest BCUT2D eigenvalue weighted by Gasteiger charge is -2.33. The van der Waals surface area contributed by atoms with E-state index in [0.29, 0.717) is 18.7 Å². The molecule has 6 nitrogen and oxygen atoms in total. The van der Waals surface area contributed by atoms with Crippen LogP contribution in [0.2, 0.25) is 0 Å². The Kier molecular flexibility index (Phi) is 3.22. The summed E-state index contributed by atoms with van der Waals surface area (Å²) in [6.07, 6.45) is 1.12. The summed E-state index contributed by atoms with van der Waals surface area (Å²) >= 11 is 0. The van der Waals surface area contributed by atoms with Gasteiger partial charge in [-0.1, -0.05) is 6.07 Å². The lowest BCUT2D eigenvalue weighted by atomic mass is 9.96. The fourth-order valence-corrected chi connectivity index (χ4v) is 2.87. The minimum atomic E-state index is -0.891. The number of hydrogen-bond donors (Lipinski definition) is 2. The van der Waals surface area contributed by atoms with E-state index in [-0.39, 0.29) is 12.2 Å². The smallest absolute Gasteiger partial charge is 0.407 e. The summed E-state index contributed by atoms with van der Waals surface area (Å²) in [4.78, 5) is 24.4. The summed E-state index contributed by atoms with van der Waals surface area (Å²) in [7, 11) is 0. The van der Waals surface area contributed by atoms with Crippen LogP contribution in [0.5, 0.6) is 0 Å². The van der Waals surface area contributed by atoms with Crippen LogP contribution >= 0.6 is 0 Å². The number of hydrogen-bond acceptors (Lipinski definition) is 4. The monoisotopic (exact) mass is 276 g/mol. The van der Waals surface area contributed by atoms with E-state index in [1.165, 1.54) is 0 Å². The first-order valence-electron chi connectivity index (χ1n) is 6.70. The molecule has 6 heteroatoms. The maximum Gasteiger partial charge on any atom is 0.407 e. The van der Waals surface area contributed by atoms with Crippen LogP contribution in [-0.4, -0.2) is 42.9 Å². The number of ether oxygens (including phenoxy) is 1. The number of nitrogens with one attached hydrogen (secondary N) is 1. The van der Waals surface area contributed by atoms with E-state index < -0.39 is 5.97 Å². The van der Waals surface area contributed by atoms with E-state index in [2.05, 4.69) is 10.2 Å². The van der Waals surface area contributed by atoms with Crippen molar-refractivity contribution >= 4 is 17.7 Å². The van der Waals surface area contributed by atoms with Crippen LogP contribution in [0.1, 0.15) is 22.3 Å². The van der Waals surface area contributed by atoms with Crippen molar-refractivity contribution in [3.05, 3.63) is 29.3 Å². The highest BCUT2D eigenvalue weighted by molar-refractivity contribution is 5.91. The number of alkyl carbamates (subject to hydrolysis) is 1. The molecule has 0 bridgehead atoms. The number of anilines is 1. The van der Waals surface area contributed by atoms with Crippen LogP contribution in [0, 0.1) is 0 Å². The Morgan fingerprint density at radius 2 is 2.35 bits per heavy atom. The number of fused-ring (bicyclic) bond motifs is 1. The molecule has 1 amide bonds. The van der Waals surface area contributed by atoms with E-state index in [0.717, 1.165) is 30.6 Å². The number of carbonyl (C=O) groups excluding carboxylic acids is 1. The van der Waals surface area contributed by atoms with Crippen LogP contribution in [0.15, 0.2) is 18.2 Å². The van der Waals surface area contributed by atoms with E-state index in [9.17, 15) is 14.7 Å². The molecule has 2 heterocycles. The molecule has 1 aromatic rings. The van der Waals surface area contributed by atoms with Gasteiger partial charge in [0.05, 0.1) is 18.7 Å². The van der Waals surface area contributed by atoms with Gasteiger partial charge in [-0.2, -0.15) is 0 Å². The molecule has 20 heavy (non-hydrogen) atoms. The molecule has 0 aromatic heterocycles. The SMILES string of the molecule is O=C1NCC(CN2CCCc3c(C(=O)O)cccc32)O1.